The summed E-state index contributed by atoms with van der Waals surface area (Å²) in [4.78, 5) is 8.80. The molecular formula is C10H18N2. The third-order valence-electron chi connectivity index (χ3n) is 2.39. The van der Waals surface area contributed by atoms with Crippen molar-refractivity contribution in [2.24, 2.45) is 9.98 Å². The van der Waals surface area contributed by atoms with Crippen LogP contribution in [0.4, 0.5) is 0 Å². The van der Waals surface area contributed by atoms with Crippen molar-refractivity contribution in [2.75, 3.05) is 0 Å². The maximum Gasteiger partial charge on any atom is 0.0497 e. The van der Waals surface area contributed by atoms with Crippen LogP contribution in [0.1, 0.15) is 39.5 Å². The number of aliphatic imine (C=N–C) groups is 2. The Morgan fingerprint density at radius 2 is 1.17 bits per heavy atom. The Labute approximate surface area is 74.8 Å². The Morgan fingerprint density at radius 3 is 1.42 bits per heavy atom. The van der Waals surface area contributed by atoms with Crippen LogP contribution in [0.3, 0.4) is 0 Å². The summed E-state index contributed by atoms with van der Waals surface area (Å²) in [7, 11) is 0. The molecule has 0 aliphatic heterocycles. The molecule has 1 aliphatic rings. The molecule has 1 saturated carbocycles. The van der Waals surface area contributed by atoms with Gasteiger partial charge < -0.3 is 0 Å². The maximum absolute atomic E-state index is 4.40. The molecule has 0 spiro atoms. The Hall–Kier alpha value is -0.660. The van der Waals surface area contributed by atoms with Crippen molar-refractivity contribution in [1.29, 1.82) is 0 Å². The number of nitrogens with zero attached hydrogens (tertiary/aromatic N) is 2. The second-order valence-electron chi connectivity index (χ2n) is 3.28. The number of rotatable bonds is 2. The minimum absolute atomic E-state index is 0.582. The standard InChI is InChI=1S/C10H18N2/c1-3-11-9-5-7-10(8-6-9)12-4-2/h3-4,9-10H,5-8H2,1-2H3. The molecule has 0 amide bonds. The highest BCUT2D eigenvalue weighted by Crippen LogP contribution is 2.22. The molecule has 0 aromatic carbocycles. The molecule has 0 unspecified atom stereocenters. The topological polar surface area (TPSA) is 24.7 Å². The zero-order valence-corrected chi connectivity index (χ0v) is 8.03. The summed E-state index contributed by atoms with van der Waals surface area (Å²) in [5.41, 5.74) is 0. The lowest BCUT2D eigenvalue weighted by Crippen LogP contribution is -2.19. The minimum atomic E-state index is 0.582. The molecule has 0 radical (unpaired) electrons. The van der Waals surface area contributed by atoms with Gasteiger partial charge in [-0.2, -0.15) is 0 Å². The number of hydrogen-bond donors (Lipinski definition) is 0. The molecule has 0 N–H and O–H groups in total. The Balaban J connectivity index is 2.29. The highest BCUT2D eigenvalue weighted by molar-refractivity contribution is 5.54. The van der Waals surface area contributed by atoms with Gasteiger partial charge in [0.2, 0.25) is 0 Å². The summed E-state index contributed by atoms with van der Waals surface area (Å²) < 4.78 is 0. The van der Waals surface area contributed by atoms with Crippen molar-refractivity contribution in [3.8, 4) is 0 Å². The van der Waals surface area contributed by atoms with Crippen LogP contribution in [-0.4, -0.2) is 24.5 Å². The van der Waals surface area contributed by atoms with Crippen molar-refractivity contribution < 1.29 is 0 Å². The monoisotopic (exact) mass is 166 g/mol. The van der Waals surface area contributed by atoms with Gasteiger partial charge in [0.25, 0.3) is 0 Å². The van der Waals surface area contributed by atoms with Crippen LogP contribution in [0.15, 0.2) is 9.98 Å². The van der Waals surface area contributed by atoms with Gasteiger partial charge in [0.15, 0.2) is 0 Å². The summed E-state index contributed by atoms with van der Waals surface area (Å²) in [6.07, 6.45) is 8.71. The summed E-state index contributed by atoms with van der Waals surface area (Å²) in [5.74, 6) is 0. The Kier molecular flexibility index (Phi) is 3.98. The van der Waals surface area contributed by atoms with Gasteiger partial charge in [-0.05, 0) is 52.0 Å². The lowest BCUT2D eigenvalue weighted by Gasteiger charge is -2.23. The molecule has 2 nitrogen and oxygen atoms in total. The van der Waals surface area contributed by atoms with Gasteiger partial charge in [-0.3, -0.25) is 9.98 Å². The first-order valence-electron chi connectivity index (χ1n) is 4.82. The van der Waals surface area contributed by atoms with Crippen LogP contribution in [-0.2, 0) is 0 Å². The van der Waals surface area contributed by atoms with E-state index in [0.717, 1.165) is 0 Å². The first kappa shape index (κ1) is 9.43. The smallest absolute Gasteiger partial charge is 0.0497 e. The molecule has 1 fully saturated rings. The summed E-state index contributed by atoms with van der Waals surface area (Å²) in [6.45, 7) is 3.99. The van der Waals surface area contributed by atoms with Crippen LogP contribution in [0.5, 0.6) is 0 Å². The predicted molar refractivity (Wildman–Crippen MR) is 54.4 cm³/mol. The van der Waals surface area contributed by atoms with Crippen LogP contribution >= 0.6 is 0 Å². The van der Waals surface area contributed by atoms with Crippen LogP contribution in [0.25, 0.3) is 0 Å². The van der Waals surface area contributed by atoms with E-state index in [1.807, 2.05) is 26.3 Å². The molecule has 0 aromatic rings. The molecule has 0 saturated heterocycles. The van der Waals surface area contributed by atoms with Crippen molar-refractivity contribution >= 4 is 12.4 Å². The SMILES string of the molecule is CC=NC1CCC(N=CC)CC1. The molecule has 1 rings (SSSR count). The largest absolute Gasteiger partial charge is 0.295 e. The molecule has 0 bridgehead atoms. The van der Waals surface area contributed by atoms with E-state index in [9.17, 15) is 0 Å². The molecule has 12 heavy (non-hydrogen) atoms. The van der Waals surface area contributed by atoms with E-state index < -0.39 is 0 Å². The highest BCUT2D eigenvalue weighted by Gasteiger charge is 2.18. The van der Waals surface area contributed by atoms with E-state index in [0.29, 0.717) is 12.1 Å². The Morgan fingerprint density at radius 1 is 0.833 bits per heavy atom. The third kappa shape index (κ3) is 2.76. The quantitative estimate of drug-likeness (QED) is 0.563. The lowest BCUT2D eigenvalue weighted by molar-refractivity contribution is 0.399. The lowest BCUT2D eigenvalue weighted by atomic mass is 9.92. The second kappa shape index (κ2) is 5.07. The molecular weight excluding hydrogens is 148 g/mol. The van der Waals surface area contributed by atoms with Gasteiger partial charge in [-0.25, -0.2) is 0 Å². The van der Waals surface area contributed by atoms with Crippen LogP contribution < -0.4 is 0 Å². The Bertz CT molecular complexity index is 145. The normalized spacial score (nSPS) is 31.8. The maximum atomic E-state index is 4.40. The molecule has 1 aliphatic carbocycles. The molecule has 68 valence electrons. The third-order valence-corrected chi connectivity index (χ3v) is 2.39. The van der Waals surface area contributed by atoms with E-state index in [1.54, 1.807) is 0 Å². The second-order valence-corrected chi connectivity index (χ2v) is 3.28. The van der Waals surface area contributed by atoms with E-state index in [2.05, 4.69) is 9.98 Å². The summed E-state index contributed by atoms with van der Waals surface area (Å²) in [5, 5.41) is 0. The zero-order chi connectivity index (χ0) is 8.81. The molecule has 0 aromatic heterocycles. The van der Waals surface area contributed by atoms with Crippen molar-refractivity contribution in [2.45, 2.75) is 51.6 Å². The number of hydrogen-bond acceptors (Lipinski definition) is 2. The van der Waals surface area contributed by atoms with Gasteiger partial charge in [0, 0.05) is 12.1 Å². The predicted octanol–water partition coefficient (Wildman–Crippen LogP) is 2.48. The van der Waals surface area contributed by atoms with Crippen LogP contribution in [0, 0.1) is 0 Å². The van der Waals surface area contributed by atoms with Crippen molar-refractivity contribution in [3.05, 3.63) is 0 Å². The van der Waals surface area contributed by atoms with Gasteiger partial charge in [-0.15, -0.1) is 0 Å². The first-order valence-corrected chi connectivity index (χ1v) is 4.82. The van der Waals surface area contributed by atoms with E-state index >= 15 is 0 Å². The van der Waals surface area contributed by atoms with Gasteiger partial charge in [-0.1, -0.05) is 0 Å². The highest BCUT2D eigenvalue weighted by atomic mass is 14.8. The fraction of sp³-hybridized carbons (Fsp3) is 0.800. The first-order chi connectivity index (χ1) is 5.86. The van der Waals surface area contributed by atoms with E-state index in [-0.39, 0.29) is 0 Å². The van der Waals surface area contributed by atoms with E-state index in [1.165, 1.54) is 25.7 Å². The van der Waals surface area contributed by atoms with E-state index in [4.69, 9.17) is 0 Å². The summed E-state index contributed by atoms with van der Waals surface area (Å²) >= 11 is 0. The molecule has 0 heterocycles. The molecule has 0 atom stereocenters. The van der Waals surface area contributed by atoms with Crippen LogP contribution in [0.2, 0.25) is 0 Å². The van der Waals surface area contributed by atoms with Crippen molar-refractivity contribution in [1.82, 2.24) is 0 Å². The zero-order valence-electron chi connectivity index (χ0n) is 8.03. The fourth-order valence-electron chi connectivity index (χ4n) is 1.78. The average Bonchev–Trinajstić information content (AvgIpc) is 2.09. The minimum Gasteiger partial charge on any atom is -0.295 e. The van der Waals surface area contributed by atoms with Crippen molar-refractivity contribution in [3.63, 3.8) is 0 Å². The molecule has 2 heteroatoms. The van der Waals surface area contributed by atoms with Gasteiger partial charge >= 0.3 is 0 Å². The van der Waals surface area contributed by atoms with Gasteiger partial charge in [0.05, 0.1) is 0 Å². The average molecular weight is 166 g/mol. The fourth-order valence-corrected chi connectivity index (χ4v) is 1.78. The van der Waals surface area contributed by atoms with Gasteiger partial charge in [0.1, 0.15) is 0 Å². The summed E-state index contributed by atoms with van der Waals surface area (Å²) in [6, 6.07) is 1.16.